The quantitative estimate of drug-likeness (QED) is 0.918. The summed E-state index contributed by atoms with van der Waals surface area (Å²) in [6.07, 6.45) is 4.01. The standard InChI is InChI=1S/C16H19N3O3/c20-9-5-15-12-18(8-10-22-15)16(21)13-3-1-4-14(11-13)19-7-2-6-17-19/h1-4,6-7,11,15,20H,5,8-10,12H2/t15-/m0/s1. The van der Waals surface area contributed by atoms with Gasteiger partial charge in [0.2, 0.25) is 0 Å². The van der Waals surface area contributed by atoms with Crippen LogP contribution in [0.25, 0.3) is 5.69 Å². The average Bonchev–Trinajstić information content (AvgIpc) is 3.09. The zero-order valence-corrected chi connectivity index (χ0v) is 12.3. The smallest absolute Gasteiger partial charge is 0.254 e. The van der Waals surface area contributed by atoms with Crippen molar-refractivity contribution in [1.82, 2.24) is 14.7 Å². The molecule has 0 bridgehead atoms. The third-order valence-corrected chi connectivity index (χ3v) is 3.74. The molecule has 0 spiro atoms. The Bertz CT molecular complexity index is 625. The molecule has 0 radical (unpaired) electrons. The van der Waals surface area contributed by atoms with E-state index in [-0.39, 0.29) is 18.6 Å². The highest BCUT2D eigenvalue weighted by Crippen LogP contribution is 2.15. The van der Waals surface area contributed by atoms with Gasteiger partial charge in [-0.3, -0.25) is 4.79 Å². The van der Waals surface area contributed by atoms with Crippen LogP contribution in [0.2, 0.25) is 0 Å². The molecular weight excluding hydrogens is 282 g/mol. The first-order valence-electron chi connectivity index (χ1n) is 7.40. The molecule has 0 aliphatic carbocycles. The van der Waals surface area contributed by atoms with Gasteiger partial charge in [0.05, 0.1) is 18.4 Å². The lowest BCUT2D eigenvalue weighted by atomic mass is 10.1. The molecule has 2 heterocycles. The second-order valence-corrected chi connectivity index (χ2v) is 5.26. The lowest BCUT2D eigenvalue weighted by Crippen LogP contribution is -2.45. The van der Waals surface area contributed by atoms with E-state index >= 15 is 0 Å². The number of carbonyl (C=O) groups is 1. The summed E-state index contributed by atoms with van der Waals surface area (Å²) >= 11 is 0. The Hall–Kier alpha value is -2.18. The van der Waals surface area contributed by atoms with E-state index in [1.165, 1.54) is 0 Å². The van der Waals surface area contributed by atoms with Gasteiger partial charge in [0, 0.05) is 37.7 Å². The minimum absolute atomic E-state index is 0.0137. The van der Waals surface area contributed by atoms with Gasteiger partial charge in [0.1, 0.15) is 0 Å². The fourth-order valence-corrected chi connectivity index (χ4v) is 2.61. The van der Waals surface area contributed by atoms with Crippen molar-refractivity contribution in [2.75, 3.05) is 26.3 Å². The Morgan fingerprint density at radius 3 is 3.09 bits per heavy atom. The van der Waals surface area contributed by atoms with E-state index in [0.29, 0.717) is 31.7 Å². The summed E-state index contributed by atoms with van der Waals surface area (Å²) < 4.78 is 7.28. The van der Waals surface area contributed by atoms with E-state index in [0.717, 1.165) is 5.69 Å². The summed E-state index contributed by atoms with van der Waals surface area (Å²) in [6.45, 7) is 1.68. The number of benzene rings is 1. The largest absolute Gasteiger partial charge is 0.396 e. The van der Waals surface area contributed by atoms with Crippen LogP contribution in [0.3, 0.4) is 0 Å². The lowest BCUT2D eigenvalue weighted by molar-refractivity contribution is -0.0307. The molecule has 0 saturated carbocycles. The molecule has 22 heavy (non-hydrogen) atoms. The highest BCUT2D eigenvalue weighted by molar-refractivity contribution is 5.94. The summed E-state index contributed by atoms with van der Waals surface area (Å²) in [5.41, 5.74) is 1.49. The van der Waals surface area contributed by atoms with Crippen LogP contribution in [0.4, 0.5) is 0 Å². The molecule has 1 aliphatic heterocycles. The third kappa shape index (κ3) is 3.18. The SMILES string of the molecule is O=C(c1cccc(-n2cccn2)c1)N1CCO[C@@H](CCO)C1. The maximum absolute atomic E-state index is 12.6. The van der Waals surface area contributed by atoms with E-state index in [1.54, 1.807) is 15.8 Å². The number of aromatic nitrogens is 2. The first-order valence-corrected chi connectivity index (χ1v) is 7.40. The number of hydrogen-bond donors (Lipinski definition) is 1. The maximum atomic E-state index is 12.6. The normalized spacial score (nSPS) is 18.4. The molecule has 1 amide bonds. The second-order valence-electron chi connectivity index (χ2n) is 5.26. The molecule has 1 saturated heterocycles. The zero-order chi connectivity index (χ0) is 15.4. The van der Waals surface area contributed by atoms with Gasteiger partial charge >= 0.3 is 0 Å². The van der Waals surface area contributed by atoms with Crippen LogP contribution in [0.1, 0.15) is 16.8 Å². The molecule has 3 rings (SSSR count). The molecule has 1 aromatic carbocycles. The Morgan fingerprint density at radius 1 is 1.41 bits per heavy atom. The first-order chi connectivity index (χ1) is 10.8. The minimum atomic E-state index is -0.0861. The Morgan fingerprint density at radius 2 is 2.32 bits per heavy atom. The predicted molar refractivity (Wildman–Crippen MR) is 80.9 cm³/mol. The van der Waals surface area contributed by atoms with Gasteiger partial charge in [0.15, 0.2) is 0 Å². The van der Waals surface area contributed by atoms with E-state index in [4.69, 9.17) is 9.84 Å². The van der Waals surface area contributed by atoms with Gasteiger partial charge in [-0.1, -0.05) is 6.07 Å². The van der Waals surface area contributed by atoms with Crippen LogP contribution in [0, 0.1) is 0 Å². The number of aliphatic hydroxyl groups excluding tert-OH is 1. The lowest BCUT2D eigenvalue weighted by Gasteiger charge is -2.32. The molecule has 1 aliphatic rings. The fourth-order valence-electron chi connectivity index (χ4n) is 2.61. The molecule has 1 atom stereocenters. The van der Waals surface area contributed by atoms with E-state index in [2.05, 4.69) is 5.10 Å². The van der Waals surface area contributed by atoms with Gasteiger partial charge < -0.3 is 14.7 Å². The van der Waals surface area contributed by atoms with E-state index < -0.39 is 0 Å². The number of aliphatic hydroxyl groups is 1. The molecule has 116 valence electrons. The van der Waals surface area contributed by atoms with Crippen molar-refractivity contribution in [2.45, 2.75) is 12.5 Å². The van der Waals surface area contributed by atoms with Crippen molar-refractivity contribution in [3.8, 4) is 5.69 Å². The molecule has 1 aromatic heterocycles. The number of nitrogens with zero attached hydrogens (tertiary/aromatic N) is 3. The number of ether oxygens (including phenoxy) is 1. The summed E-state index contributed by atoms with van der Waals surface area (Å²) in [5, 5.41) is 13.2. The van der Waals surface area contributed by atoms with Crippen molar-refractivity contribution < 1.29 is 14.6 Å². The van der Waals surface area contributed by atoms with Crippen molar-refractivity contribution in [2.24, 2.45) is 0 Å². The fraction of sp³-hybridized carbons (Fsp3) is 0.375. The summed E-state index contributed by atoms with van der Waals surface area (Å²) in [6, 6.07) is 9.27. The zero-order valence-electron chi connectivity index (χ0n) is 12.3. The van der Waals surface area contributed by atoms with Gasteiger partial charge in [-0.2, -0.15) is 5.10 Å². The number of rotatable bonds is 4. The maximum Gasteiger partial charge on any atom is 0.254 e. The first kappa shape index (κ1) is 14.7. The Balaban J connectivity index is 1.76. The van der Waals surface area contributed by atoms with Crippen LogP contribution in [-0.4, -0.2) is 58.1 Å². The van der Waals surface area contributed by atoms with Crippen molar-refractivity contribution in [3.05, 3.63) is 48.3 Å². The summed E-state index contributed by atoms with van der Waals surface area (Å²) in [4.78, 5) is 14.4. The monoisotopic (exact) mass is 301 g/mol. The second kappa shape index (κ2) is 6.72. The van der Waals surface area contributed by atoms with Crippen LogP contribution in [0.5, 0.6) is 0 Å². The van der Waals surface area contributed by atoms with E-state index in [1.807, 2.05) is 36.5 Å². The molecule has 6 nitrogen and oxygen atoms in total. The molecular formula is C16H19N3O3. The average molecular weight is 301 g/mol. The Kier molecular flexibility index (Phi) is 4.50. The third-order valence-electron chi connectivity index (χ3n) is 3.74. The van der Waals surface area contributed by atoms with Gasteiger partial charge in [0.25, 0.3) is 5.91 Å². The molecule has 0 unspecified atom stereocenters. The molecule has 1 fully saturated rings. The number of amides is 1. The highest BCUT2D eigenvalue weighted by Gasteiger charge is 2.24. The van der Waals surface area contributed by atoms with Gasteiger partial charge in [-0.25, -0.2) is 4.68 Å². The summed E-state index contributed by atoms with van der Waals surface area (Å²) in [5.74, 6) is -0.0137. The number of hydrogen-bond acceptors (Lipinski definition) is 4. The van der Waals surface area contributed by atoms with Crippen LogP contribution >= 0.6 is 0 Å². The van der Waals surface area contributed by atoms with Crippen LogP contribution in [-0.2, 0) is 4.74 Å². The van der Waals surface area contributed by atoms with Crippen molar-refractivity contribution >= 4 is 5.91 Å². The number of carbonyl (C=O) groups excluding carboxylic acids is 1. The van der Waals surface area contributed by atoms with Crippen molar-refractivity contribution in [3.63, 3.8) is 0 Å². The van der Waals surface area contributed by atoms with E-state index in [9.17, 15) is 4.79 Å². The number of morpholine rings is 1. The molecule has 6 heteroatoms. The highest BCUT2D eigenvalue weighted by atomic mass is 16.5. The van der Waals surface area contributed by atoms with Crippen molar-refractivity contribution in [1.29, 1.82) is 0 Å². The Labute approximate surface area is 128 Å². The van der Waals surface area contributed by atoms with Crippen LogP contribution in [0.15, 0.2) is 42.7 Å². The van der Waals surface area contributed by atoms with Gasteiger partial charge in [-0.05, 0) is 30.7 Å². The molecule has 1 N–H and O–H groups in total. The minimum Gasteiger partial charge on any atom is -0.396 e. The van der Waals surface area contributed by atoms with Crippen LogP contribution < -0.4 is 0 Å². The topological polar surface area (TPSA) is 67.6 Å². The summed E-state index contributed by atoms with van der Waals surface area (Å²) in [7, 11) is 0. The van der Waals surface area contributed by atoms with Gasteiger partial charge in [-0.15, -0.1) is 0 Å². The molecule has 2 aromatic rings. The predicted octanol–water partition coefficient (Wildman–Crippen LogP) is 1.10.